The lowest BCUT2D eigenvalue weighted by atomic mass is 9.96. The van der Waals surface area contributed by atoms with E-state index in [0.717, 1.165) is 40.7 Å². The first-order chi connectivity index (χ1) is 12.6. The Hall–Kier alpha value is -1.57. The zero-order chi connectivity index (χ0) is 19.1. The largest absolute Gasteiger partial charge is 0.319 e. The third-order valence-electron chi connectivity index (χ3n) is 4.53. The highest BCUT2D eigenvalue weighted by Crippen LogP contribution is 2.28. The minimum absolute atomic E-state index is 0.480. The summed E-state index contributed by atoms with van der Waals surface area (Å²) in [5.41, 5.74) is 7.45. The molecule has 3 rings (SSSR count). The highest BCUT2D eigenvalue weighted by Gasteiger charge is 2.20. The van der Waals surface area contributed by atoms with Gasteiger partial charge in [-0.3, -0.25) is 4.40 Å². The molecule has 0 saturated carbocycles. The zero-order valence-corrected chi connectivity index (χ0v) is 17.7. The molecule has 2 N–H and O–H groups in total. The van der Waals surface area contributed by atoms with Crippen LogP contribution in [0.2, 0.25) is 0 Å². The summed E-state index contributed by atoms with van der Waals surface area (Å²) in [6.45, 7) is 8.23. The van der Waals surface area contributed by atoms with Gasteiger partial charge in [0, 0.05) is 39.0 Å². The quantitative estimate of drug-likeness (QED) is 0.616. The van der Waals surface area contributed by atoms with Crippen molar-refractivity contribution in [1.29, 1.82) is 0 Å². The number of hydrogen-bond acceptors (Lipinski definition) is 6. The van der Waals surface area contributed by atoms with Gasteiger partial charge in [-0.1, -0.05) is 13.8 Å². The maximum atomic E-state index is 4.89. The summed E-state index contributed by atoms with van der Waals surface area (Å²) in [5, 5.41) is 6.43. The van der Waals surface area contributed by atoms with Crippen molar-refractivity contribution < 1.29 is 0 Å². The van der Waals surface area contributed by atoms with E-state index in [1.54, 1.807) is 11.8 Å². The number of nitrogens with one attached hydrogen (secondary N) is 2. The smallest absolute Gasteiger partial charge is 0.170 e. The van der Waals surface area contributed by atoms with Gasteiger partial charge in [0.15, 0.2) is 5.65 Å². The van der Waals surface area contributed by atoms with Crippen molar-refractivity contribution in [2.75, 3.05) is 33.4 Å². The van der Waals surface area contributed by atoms with Gasteiger partial charge in [-0.05, 0) is 38.1 Å². The predicted molar refractivity (Wildman–Crippen MR) is 111 cm³/mol. The lowest BCUT2D eigenvalue weighted by Crippen LogP contribution is -2.29. The Morgan fingerprint density at radius 1 is 1.46 bits per heavy atom. The van der Waals surface area contributed by atoms with Crippen molar-refractivity contribution >= 4 is 23.0 Å². The number of thioether (sulfide) groups is 1. The summed E-state index contributed by atoms with van der Waals surface area (Å²) in [4.78, 5) is 9.50. The standard InChI is InChI=1S/C17H26N6S.C2H6/c1-12(10-22(3)18-2)15-9-20-16-17(24-4)21-14(11-23(15)16)13-6-5-7-19-8-13;1-2/h9-11,13,18-19H,5-8H2,1-4H3;1-2H3/b12-10+;. The molecule has 1 aliphatic rings. The Morgan fingerprint density at radius 2 is 2.23 bits per heavy atom. The summed E-state index contributed by atoms with van der Waals surface area (Å²) in [5.74, 6) is 0.480. The van der Waals surface area contributed by atoms with Gasteiger partial charge in [0.2, 0.25) is 0 Å². The number of imidazole rings is 1. The van der Waals surface area contributed by atoms with Gasteiger partial charge < -0.3 is 10.3 Å². The van der Waals surface area contributed by atoms with Gasteiger partial charge in [0.05, 0.1) is 17.6 Å². The number of nitrogens with zero attached hydrogens (tertiary/aromatic N) is 4. The molecule has 0 aromatic carbocycles. The van der Waals surface area contributed by atoms with E-state index in [9.17, 15) is 0 Å². The Kier molecular flexibility index (Phi) is 7.93. The molecule has 1 fully saturated rings. The van der Waals surface area contributed by atoms with Crippen LogP contribution in [0.15, 0.2) is 23.6 Å². The Bertz CT molecular complexity index is 733. The molecule has 0 amide bonds. The maximum Gasteiger partial charge on any atom is 0.170 e. The SMILES string of the molecule is CC.CNN(C)/C=C(\C)c1cnc2c(SC)nc(C3CCCNC3)cn12. The summed E-state index contributed by atoms with van der Waals surface area (Å²) in [7, 11) is 3.89. The molecule has 0 radical (unpaired) electrons. The van der Waals surface area contributed by atoms with Gasteiger partial charge in [-0.2, -0.15) is 0 Å². The second kappa shape index (κ2) is 9.94. The van der Waals surface area contributed by atoms with Crippen LogP contribution < -0.4 is 10.7 Å². The van der Waals surface area contributed by atoms with Crippen LogP contribution in [-0.4, -0.2) is 52.8 Å². The molecule has 0 spiro atoms. The number of rotatable bonds is 5. The van der Waals surface area contributed by atoms with Crippen LogP contribution >= 0.6 is 11.8 Å². The van der Waals surface area contributed by atoms with Crippen LogP contribution in [0.25, 0.3) is 11.2 Å². The summed E-state index contributed by atoms with van der Waals surface area (Å²) in [6.07, 6.45) is 10.7. The van der Waals surface area contributed by atoms with Gasteiger partial charge in [0.1, 0.15) is 5.03 Å². The molecule has 6 nitrogen and oxygen atoms in total. The van der Waals surface area contributed by atoms with Gasteiger partial charge >= 0.3 is 0 Å². The lowest BCUT2D eigenvalue weighted by molar-refractivity contribution is 0.366. The van der Waals surface area contributed by atoms with Crippen molar-refractivity contribution in [3.63, 3.8) is 0 Å². The number of allylic oxidation sites excluding steroid dienone is 1. The maximum absolute atomic E-state index is 4.89. The first-order valence-corrected chi connectivity index (χ1v) is 10.6. The van der Waals surface area contributed by atoms with Crippen molar-refractivity contribution in [1.82, 2.24) is 30.1 Å². The van der Waals surface area contributed by atoms with Crippen LogP contribution in [0.1, 0.15) is 50.9 Å². The number of fused-ring (bicyclic) bond motifs is 1. The Morgan fingerprint density at radius 3 is 2.85 bits per heavy atom. The number of hydrazine groups is 1. The fourth-order valence-electron chi connectivity index (χ4n) is 3.13. The normalized spacial score (nSPS) is 17.8. The van der Waals surface area contributed by atoms with Crippen molar-refractivity contribution in [2.24, 2.45) is 0 Å². The van der Waals surface area contributed by atoms with E-state index in [0.29, 0.717) is 5.92 Å². The van der Waals surface area contributed by atoms with E-state index >= 15 is 0 Å². The van der Waals surface area contributed by atoms with Crippen molar-refractivity contribution in [3.05, 3.63) is 30.0 Å². The van der Waals surface area contributed by atoms with Crippen LogP contribution in [0, 0.1) is 0 Å². The molecule has 2 aromatic rings. The monoisotopic (exact) mass is 376 g/mol. The lowest BCUT2D eigenvalue weighted by Gasteiger charge is -2.23. The first kappa shape index (κ1) is 20.7. The van der Waals surface area contributed by atoms with Crippen LogP contribution in [-0.2, 0) is 0 Å². The van der Waals surface area contributed by atoms with E-state index in [4.69, 9.17) is 4.98 Å². The highest BCUT2D eigenvalue weighted by atomic mass is 32.2. The van der Waals surface area contributed by atoms with Crippen molar-refractivity contribution in [2.45, 2.75) is 44.6 Å². The van der Waals surface area contributed by atoms with E-state index < -0.39 is 0 Å². The summed E-state index contributed by atoms with van der Waals surface area (Å²) in [6, 6.07) is 0. The highest BCUT2D eigenvalue weighted by molar-refractivity contribution is 7.98. The fourth-order valence-corrected chi connectivity index (χ4v) is 3.66. The minimum atomic E-state index is 0.480. The topological polar surface area (TPSA) is 57.5 Å². The van der Waals surface area contributed by atoms with E-state index in [2.05, 4.69) is 45.7 Å². The molecule has 7 heteroatoms. The third kappa shape index (κ3) is 4.58. The summed E-state index contributed by atoms with van der Waals surface area (Å²) < 4.78 is 2.19. The molecule has 0 bridgehead atoms. The molecule has 1 saturated heterocycles. The molecule has 2 aromatic heterocycles. The second-order valence-corrected chi connectivity index (χ2v) is 7.00. The zero-order valence-electron chi connectivity index (χ0n) is 16.8. The van der Waals surface area contributed by atoms with Crippen LogP contribution in [0.4, 0.5) is 0 Å². The Balaban J connectivity index is 0.00000117. The molecule has 26 heavy (non-hydrogen) atoms. The summed E-state index contributed by atoms with van der Waals surface area (Å²) >= 11 is 1.66. The van der Waals surface area contributed by atoms with E-state index in [1.807, 2.05) is 39.1 Å². The Labute approximate surface area is 161 Å². The van der Waals surface area contributed by atoms with Gasteiger partial charge in [0.25, 0.3) is 0 Å². The molecule has 3 heterocycles. The minimum Gasteiger partial charge on any atom is -0.319 e. The molecule has 1 unspecified atom stereocenters. The first-order valence-electron chi connectivity index (χ1n) is 9.35. The average Bonchev–Trinajstić information content (AvgIpc) is 3.13. The van der Waals surface area contributed by atoms with E-state index in [-0.39, 0.29) is 0 Å². The van der Waals surface area contributed by atoms with Crippen LogP contribution in [0.5, 0.6) is 0 Å². The molecule has 144 valence electrons. The van der Waals surface area contributed by atoms with Crippen LogP contribution in [0.3, 0.4) is 0 Å². The number of hydrogen-bond donors (Lipinski definition) is 2. The predicted octanol–water partition coefficient (Wildman–Crippen LogP) is 3.37. The van der Waals surface area contributed by atoms with Gasteiger partial charge in [-0.15, -0.1) is 11.8 Å². The number of piperidine rings is 1. The molecule has 1 atom stereocenters. The van der Waals surface area contributed by atoms with Gasteiger partial charge in [-0.25, -0.2) is 15.4 Å². The molecular weight excluding hydrogens is 344 g/mol. The molecule has 0 aliphatic carbocycles. The fraction of sp³-hybridized carbons (Fsp3) is 0.579. The molecular formula is C19H32N6S. The molecule has 1 aliphatic heterocycles. The van der Waals surface area contributed by atoms with Crippen molar-refractivity contribution in [3.8, 4) is 0 Å². The second-order valence-electron chi connectivity index (χ2n) is 6.20. The third-order valence-corrected chi connectivity index (χ3v) is 5.19. The average molecular weight is 377 g/mol. The van der Waals surface area contributed by atoms with E-state index in [1.165, 1.54) is 12.8 Å². The number of aromatic nitrogens is 3.